The van der Waals surface area contributed by atoms with Gasteiger partial charge >= 0.3 is 0 Å². The molecule has 1 saturated heterocycles. The van der Waals surface area contributed by atoms with Crippen molar-refractivity contribution >= 4 is 0 Å². The van der Waals surface area contributed by atoms with Gasteiger partial charge in [0.1, 0.15) is 37.3 Å². The van der Waals surface area contributed by atoms with Crippen molar-refractivity contribution in [2.24, 2.45) is 0 Å². The molecule has 27 heavy (non-hydrogen) atoms. The van der Waals surface area contributed by atoms with E-state index in [1.54, 1.807) is 0 Å². The molecule has 7 nitrogen and oxygen atoms in total. The summed E-state index contributed by atoms with van der Waals surface area (Å²) < 4.78 is 29.1. The summed E-state index contributed by atoms with van der Waals surface area (Å²) in [5, 5.41) is 20.2. The quantitative estimate of drug-likeness (QED) is 0.413. The lowest BCUT2D eigenvalue weighted by atomic mass is 9.99. The SMILES string of the molecule is CCCCOC[C@H](OCCCC)[C@H]1OCO[C@H](CO)[C@@H](O)[C@@H]1OCCCC. The molecular weight excluding hydrogens is 352 g/mol. The molecule has 2 N–H and O–H groups in total. The lowest BCUT2D eigenvalue weighted by Crippen LogP contribution is -2.52. The van der Waals surface area contributed by atoms with Gasteiger partial charge < -0.3 is 33.9 Å². The summed E-state index contributed by atoms with van der Waals surface area (Å²) in [6.07, 6.45) is 2.64. The van der Waals surface area contributed by atoms with Crippen LogP contribution in [0.3, 0.4) is 0 Å². The van der Waals surface area contributed by atoms with Crippen molar-refractivity contribution in [1.29, 1.82) is 0 Å². The van der Waals surface area contributed by atoms with E-state index in [-0.39, 0.29) is 19.5 Å². The average molecular weight is 393 g/mol. The molecule has 7 heteroatoms. The number of rotatable bonds is 15. The Balaban J connectivity index is 2.84. The molecule has 0 aromatic rings. The number of ether oxygens (including phenoxy) is 5. The van der Waals surface area contributed by atoms with E-state index in [0.29, 0.717) is 26.4 Å². The van der Waals surface area contributed by atoms with E-state index in [9.17, 15) is 10.2 Å². The predicted molar refractivity (Wildman–Crippen MR) is 103 cm³/mol. The zero-order valence-electron chi connectivity index (χ0n) is 17.3. The van der Waals surface area contributed by atoms with E-state index in [1.807, 2.05) is 0 Å². The maximum atomic E-state index is 10.7. The van der Waals surface area contributed by atoms with Crippen molar-refractivity contribution in [3.8, 4) is 0 Å². The van der Waals surface area contributed by atoms with Gasteiger partial charge in [0.05, 0.1) is 13.2 Å². The fourth-order valence-electron chi connectivity index (χ4n) is 2.90. The first-order valence-electron chi connectivity index (χ1n) is 10.5. The molecular formula is C20H40O7. The zero-order chi connectivity index (χ0) is 19.9. The largest absolute Gasteiger partial charge is 0.394 e. The van der Waals surface area contributed by atoms with Crippen LogP contribution in [-0.4, -0.2) is 80.6 Å². The first kappa shape index (κ1) is 24.8. The van der Waals surface area contributed by atoms with Gasteiger partial charge in [-0.1, -0.05) is 40.0 Å². The standard InChI is InChI=1S/C20H40O7/c1-4-7-10-23-14-17(24-11-8-5-2)19-20(25-12-9-6-3)18(22)16(13-21)26-15-27-19/h16-22H,4-15H2,1-3H3/t16-,17+,18-,19-,20+/m1/s1. The lowest BCUT2D eigenvalue weighted by molar-refractivity contribution is -0.179. The molecule has 162 valence electrons. The Morgan fingerprint density at radius 2 is 1.63 bits per heavy atom. The van der Waals surface area contributed by atoms with Gasteiger partial charge in [-0.05, 0) is 19.3 Å². The molecule has 0 bridgehead atoms. The van der Waals surface area contributed by atoms with Gasteiger partial charge in [0.25, 0.3) is 0 Å². The Morgan fingerprint density at radius 3 is 2.30 bits per heavy atom. The van der Waals surface area contributed by atoms with Crippen LogP contribution in [0.4, 0.5) is 0 Å². The molecule has 1 heterocycles. The van der Waals surface area contributed by atoms with Crippen LogP contribution in [0, 0.1) is 0 Å². The maximum Gasteiger partial charge on any atom is 0.147 e. The Bertz CT molecular complexity index is 342. The minimum atomic E-state index is -0.993. The van der Waals surface area contributed by atoms with E-state index in [2.05, 4.69) is 20.8 Å². The molecule has 0 spiro atoms. The van der Waals surface area contributed by atoms with Crippen LogP contribution < -0.4 is 0 Å². The number of hydrogen-bond donors (Lipinski definition) is 2. The van der Waals surface area contributed by atoms with E-state index in [1.165, 1.54) is 0 Å². The Morgan fingerprint density at radius 1 is 0.963 bits per heavy atom. The van der Waals surface area contributed by atoms with Crippen molar-refractivity contribution in [3.05, 3.63) is 0 Å². The van der Waals surface area contributed by atoms with Crippen LogP contribution in [-0.2, 0) is 23.7 Å². The van der Waals surface area contributed by atoms with E-state index in [0.717, 1.165) is 38.5 Å². The average Bonchev–Trinajstić information content (AvgIpc) is 2.83. The van der Waals surface area contributed by atoms with Gasteiger partial charge in [-0.2, -0.15) is 0 Å². The maximum absolute atomic E-state index is 10.7. The van der Waals surface area contributed by atoms with Crippen LogP contribution in [0.2, 0.25) is 0 Å². The van der Waals surface area contributed by atoms with Gasteiger partial charge in [0, 0.05) is 19.8 Å². The predicted octanol–water partition coefficient (Wildman–Crippen LogP) is 2.27. The summed E-state index contributed by atoms with van der Waals surface area (Å²) in [4.78, 5) is 0. The third-order valence-electron chi connectivity index (χ3n) is 4.69. The highest BCUT2D eigenvalue weighted by atomic mass is 16.7. The molecule has 0 amide bonds. The Labute approximate surface area is 164 Å². The fraction of sp³-hybridized carbons (Fsp3) is 1.00. The van der Waals surface area contributed by atoms with Crippen LogP contribution in [0.5, 0.6) is 0 Å². The van der Waals surface area contributed by atoms with Gasteiger partial charge in [-0.3, -0.25) is 0 Å². The number of unbranched alkanes of at least 4 members (excludes halogenated alkanes) is 3. The highest BCUT2D eigenvalue weighted by Crippen LogP contribution is 2.23. The number of aliphatic hydroxyl groups is 2. The minimum Gasteiger partial charge on any atom is -0.394 e. The van der Waals surface area contributed by atoms with Crippen molar-refractivity contribution < 1.29 is 33.9 Å². The van der Waals surface area contributed by atoms with Crippen LogP contribution in [0.15, 0.2) is 0 Å². The molecule has 1 aliphatic rings. The zero-order valence-corrected chi connectivity index (χ0v) is 17.3. The van der Waals surface area contributed by atoms with E-state index >= 15 is 0 Å². The van der Waals surface area contributed by atoms with Crippen molar-refractivity contribution in [1.82, 2.24) is 0 Å². The monoisotopic (exact) mass is 392 g/mol. The summed E-state index contributed by atoms with van der Waals surface area (Å²) in [6, 6.07) is 0. The van der Waals surface area contributed by atoms with Gasteiger partial charge in [0.2, 0.25) is 0 Å². The van der Waals surface area contributed by atoms with Crippen molar-refractivity contribution in [3.63, 3.8) is 0 Å². The summed E-state index contributed by atoms with van der Waals surface area (Å²) >= 11 is 0. The molecule has 1 rings (SSSR count). The lowest BCUT2D eigenvalue weighted by Gasteiger charge is -2.34. The second-order valence-corrected chi connectivity index (χ2v) is 7.01. The first-order valence-corrected chi connectivity index (χ1v) is 10.5. The normalized spacial score (nSPS) is 27.4. The summed E-state index contributed by atoms with van der Waals surface area (Å²) in [5.41, 5.74) is 0. The van der Waals surface area contributed by atoms with E-state index < -0.39 is 24.4 Å². The third-order valence-corrected chi connectivity index (χ3v) is 4.69. The fourth-order valence-corrected chi connectivity index (χ4v) is 2.90. The van der Waals surface area contributed by atoms with Gasteiger partial charge in [0.15, 0.2) is 0 Å². The second kappa shape index (κ2) is 15.6. The molecule has 0 aliphatic carbocycles. The first-order chi connectivity index (χ1) is 13.2. The Hall–Kier alpha value is -0.280. The molecule has 1 fully saturated rings. The minimum absolute atomic E-state index is 0.0246. The van der Waals surface area contributed by atoms with Crippen LogP contribution >= 0.6 is 0 Å². The summed E-state index contributed by atoms with van der Waals surface area (Å²) in [7, 11) is 0. The molecule has 0 saturated carbocycles. The summed E-state index contributed by atoms with van der Waals surface area (Å²) in [6.45, 7) is 8.14. The topological polar surface area (TPSA) is 86.6 Å². The third kappa shape index (κ3) is 9.17. The number of aliphatic hydroxyl groups excluding tert-OH is 2. The van der Waals surface area contributed by atoms with Crippen molar-refractivity contribution in [2.75, 3.05) is 39.8 Å². The molecule has 0 aromatic carbocycles. The molecule has 0 aromatic heterocycles. The smallest absolute Gasteiger partial charge is 0.147 e. The molecule has 1 aliphatic heterocycles. The number of hydrogen-bond acceptors (Lipinski definition) is 7. The molecule has 5 atom stereocenters. The highest BCUT2D eigenvalue weighted by Gasteiger charge is 2.42. The van der Waals surface area contributed by atoms with Crippen molar-refractivity contribution in [2.45, 2.75) is 89.8 Å². The second-order valence-electron chi connectivity index (χ2n) is 7.01. The van der Waals surface area contributed by atoms with E-state index in [4.69, 9.17) is 23.7 Å². The molecule has 0 unspecified atom stereocenters. The van der Waals surface area contributed by atoms with Crippen LogP contribution in [0.25, 0.3) is 0 Å². The molecule has 0 radical (unpaired) electrons. The van der Waals surface area contributed by atoms with Gasteiger partial charge in [-0.15, -0.1) is 0 Å². The van der Waals surface area contributed by atoms with Crippen LogP contribution in [0.1, 0.15) is 59.3 Å². The Kier molecular flexibility index (Phi) is 14.3. The summed E-state index contributed by atoms with van der Waals surface area (Å²) in [5.74, 6) is 0. The highest BCUT2D eigenvalue weighted by molar-refractivity contribution is 4.90. The van der Waals surface area contributed by atoms with Gasteiger partial charge in [-0.25, -0.2) is 0 Å².